The summed E-state index contributed by atoms with van der Waals surface area (Å²) in [5, 5.41) is 19.0. The first-order valence-corrected chi connectivity index (χ1v) is 16.7. The van der Waals surface area contributed by atoms with Crippen molar-refractivity contribution < 1.29 is 9.26 Å². The lowest BCUT2D eigenvalue weighted by Gasteiger charge is -2.39. The van der Waals surface area contributed by atoms with E-state index in [4.69, 9.17) is 25.0 Å². The molecule has 0 radical (unpaired) electrons. The summed E-state index contributed by atoms with van der Waals surface area (Å²) in [6.45, 7) is 9.34. The lowest BCUT2D eigenvalue weighted by Crippen LogP contribution is -2.54. The van der Waals surface area contributed by atoms with E-state index in [2.05, 4.69) is 54.2 Å². The second-order valence-electron chi connectivity index (χ2n) is 13.2. The number of fused-ring (bicyclic) bond motifs is 4. The number of anilines is 2. The van der Waals surface area contributed by atoms with Crippen molar-refractivity contribution in [3.63, 3.8) is 0 Å². The van der Waals surface area contributed by atoms with Crippen molar-refractivity contribution in [1.82, 2.24) is 25.3 Å². The quantitative estimate of drug-likeness (QED) is 0.426. The second-order valence-corrected chi connectivity index (χ2v) is 14.3. The molecule has 3 aromatic rings. The van der Waals surface area contributed by atoms with Gasteiger partial charge in [0.25, 0.3) is 0 Å². The van der Waals surface area contributed by atoms with Gasteiger partial charge in [0.15, 0.2) is 17.3 Å². The Hall–Kier alpha value is -3.20. The maximum atomic E-state index is 10.1. The SMILES string of the molecule is C[C@@H]1CN(c2cc(O[C@@H](C)[C@@H]3CCCN3C)nc(-c3noc4c3CCC[C@@]43CCCc4sc(N)c(C#N)c43)n2)C[C@H](C)N1. The van der Waals surface area contributed by atoms with E-state index >= 15 is 0 Å². The first-order chi connectivity index (χ1) is 20.8. The average Bonchev–Trinajstić information content (AvgIpc) is 3.69. The van der Waals surface area contributed by atoms with E-state index in [1.54, 1.807) is 11.3 Å². The number of aromatic nitrogens is 3. The molecular weight excluding hydrogens is 560 g/mol. The van der Waals surface area contributed by atoms with Crippen LogP contribution < -0.4 is 20.7 Å². The smallest absolute Gasteiger partial charge is 0.219 e. The molecule has 2 aliphatic heterocycles. The highest BCUT2D eigenvalue weighted by atomic mass is 32.1. The third kappa shape index (κ3) is 4.88. The number of aryl methyl sites for hydroxylation is 1. The third-order valence-corrected chi connectivity index (χ3v) is 11.1. The molecule has 2 aliphatic carbocycles. The molecule has 11 heteroatoms. The topological polar surface area (TPSA) is 129 Å². The van der Waals surface area contributed by atoms with Crippen LogP contribution in [0.2, 0.25) is 0 Å². The van der Waals surface area contributed by atoms with Gasteiger partial charge >= 0.3 is 0 Å². The van der Waals surface area contributed by atoms with Gasteiger partial charge in [-0.2, -0.15) is 10.2 Å². The van der Waals surface area contributed by atoms with Gasteiger partial charge in [0.2, 0.25) is 5.88 Å². The van der Waals surface area contributed by atoms with Crippen molar-refractivity contribution in [1.29, 1.82) is 5.26 Å². The maximum Gasteiger partial charge on any atom is 0.219 e. The molecule has 0 aromatic carbocycles. The molecule has 7 rings (SSSR count). The number of likely N-dealkylation sites (tertiary alicyclic amines) is 1. The molecule has 4 aliphatic rings. The number of hydrogen-bond donors (Lipinski definition) is 2. The largest absolute Gasteiger partial charge is 0.473 e. The number of nitrogen functional groups attached to an aromatic ring is 1. The van der Waals surface area contributed by atoms with Crippen molar-refractivity contribution >= 4 is 22.2 Å². The maximum absolute atomic E-state index is 10.1. The zero-order chi connectivity index (χ0) is 29.9. The fraction of sp³-hybridized carbons (Fsp3) is 0.625. The van der Waals surface area contributed by atoms with Crippen LogP contribution in [-0.2, 0) is 18.3 Å². The van der Waals surface area contributed by atoms with Crippen LogP contribution in [0.15, 0.2) is 10.6 Å². The molecule has 3 N–H and O–H groups in total. The summed E-state index contributed by atoms with van der Waals surface area (Å²) < 4.78 is 12.9. The number of rotatable bonds is 5. The van der Waals surface area contributed by atoms with Gasteiger partial charge in [-0.05, 0) is 91.3 Å². The van der Waals surface area contributed by atoms with Gasteiger partial charge in [-0.1, -0.05) is 5.16 Å². The Labute approximate surface area is 257 Å². The number of piperazine rings is 1. The molecule has 0 amide bonds. The van der Waals surface area contributed by atoms with Crippen LogP contribution in [-0.4, -0.2) is 70.9 Å². The minimum Gasteiger partial charge on any atom is -0.473 e. The van der Waals surface area contributed by atoms with Crippen molar-refractivity contribution in [3.8, 4) is 23.5 Å². The Morgan fingerprint density at radius 2 is 1.95 bits per heavy atom. The summed E-state index contributed by atoms with van der Waals surface area (Å²) in [7, 11) is 2.17. The Bertz CT molecular complexity index is 1550. The summed E-state index contributed by atoms with van der Waals surface area (Å²) in [6, 6.07) is 5.44. The summed E-state index contributed by atoms with van der Waals surface area (Å²) in [4.78, 5) is 16.0. The number of hydrogen-bond acceptors (Lipinski definition) is 11. The van der Waals surface area contributed by atoms with Crippen molar-refractivity contribution in [3.05, 3.63) is 33.4 Å². The average molecular weight is 603 g/mol. The molecular formula is C32H42N8O2S. The highest BCUT2D eigenvalue weighted by Crippen LogP contribution is 2.55. The third-order valence-electron chi connectivity index (χ3n) is 10.1. The first-order valence-electron chi connectivity index (χ1n) is 15.9. The molecule has 1 spiro atoms. The van der Waals surface area contributed by atoms with Gasteiger partial charge in [0.1, 0.15) is 23.0 Å². The molecule has 5 atom stereocenters. The molecule has 2 saturated heterocycles. The lowest BCUT2D eigenvalue weighted by atomic mass is 9.63. The molecule has 0 unspecified atom stereocenters. The Balaban J connectivity index is 1.31. The van der Waals surface area contributed by atoms with Crippen molar-refractivity contribution in [2.75, 3.05) is 37.3 Å². The van der Waals surface area contributed by atoms with Crippen molar-refractivity contribution in [2.24, 2.45) is 0 Å². The highest BCUT2D eigenvalue weighted by molar-refractivity contribution is 7.16. The monoisotopic (exact) mass is 602 g/mol. The number of nitrogens with two attached hydrogens (primary N) is 1. The number of nitrogens with zero attached hydrogens (tertiary/aromatic N) is 6. The van der Waals surface area contributed by atoms with Crippen LogP contribution in [0.5, 0.6) is 5.88 Å². The molecule has 0 bridgehead atoms. The second kappa shape index (κ2) is 11.1. The minimum atomic E-state index is -0.381. The summed E-state index contributed by atoms with van der Waals surface area (Å²) in [5.74, 6) is 2.84. The Morgan fingerprint density at radius 3 is 2.67 bits per heavy atom. The molecule has 0 saturated carbocycles. The van der Waals surface area contributed by atoms with Crippen LogP contribution >= 0.6 is 11.3 Å². The molecule has 2 fully saturated rings. The van der Waals surface area contributed by atoms with E-state index in [9.17, 15) is 5.26 Å². The molecule has 5 heterocycles. The van der Waals surface area contributed by atoms with Crippen LogP contribution in [0, 0.1) is 11.3 Å². The highest BCUT2D eigenvalue weighted by Gasteiger charge is 2.49. The van der Waals surface area contributed by atoms with Gasteiger partial charge in [-0.3, -0.25) is 4.90 Å². The Morgan fingerprint density at radius 1 is 1.19 bits per heavy atom. The van der Waals surface area contributed by atoms with E-state index < -0.39 is 0 Å². The van der Waals surface area contributed by atoms with Crippen LogP contribution in [0.4, 0.5) is 10.8 Å². The number of nitriles is 1. The summed E-state index contributed by atoms with van der Waals surface area (Å²) >= 11 is 1.56. The predicted molar refractivity (Wildman–Crippen MR) is 168 cm³/mol. The van der Waals surface area contributed by atoms with Gasteiger partial charge in [0, 0.05) is 47.7 Å². The van der Waals surface area contributed by atoms with E-state index in [0.717, 1.165) is 87.3 Å². The number of likely N-dealkylation sites (N-methyl/N-ethyl adjacent to an activating group) is 1. The molecule has 3 aromatic heterocycles. The number of ether oxygens (including phenoxy) is 1. The van der Waals surface area contributed by atoms with Crippen molar-refractivity contribution in [2.45, 2.75) is 102 Å². The number of thiophene rings is 1. The van der Waals surface area contributed by atoms with Crippen LogP contribution in [0.3, 0.4) is 0 Å². The fourth-order valence-corrected chi connectivity index (χ4v) is 9.43. The molecule has 10 nitrogen and oxygen atoms in total. The fourth-order valence-electron chi connectivity index (χ4n) is 8.27. The van der Waals surface area contributed by atoms with Crippen LogP contribution in [0.25, 0.3) is 11.5 Å². The summed E-state index contributed by atoms with van der Waals surface area (Å²) in [6.07, 6.45) is 7.93. The van der Waals surface area contributed by atoms with Gasteiger partial charge in [-0.25, -0.2) is 4.98 Å². The van der Waals surface area contributed by atoms with Gasteiger partial charge in [0.05, 0.1) is 11.0 Å². The standard InChI is InChI=1S/C32H42N8O2S/c1-18-16-40(17-19(2)35-18)25-14-26(41-20(3)23-9-7-13-39(23)4)37-31(36-25)28-21-8-5-11-32(29(21)42-38-28)12-6-10-24-27(32)22(15-33)30(34)43-24/h14,18-20,23,35H,5-13,16-17,34H2,1-4H3/t18-,19+,20-,23-,32-/m0/s1. The molecule has 228 valence electrons. The van der Waals surface area contributed by atoms with E-state index in [1.165, 1.54) is 11.3 Å². The van der Waals surface area contributed by atoms with Gasteiger partial charge < -0.3 is 25.2 Å². The lowest BCUT2D eigenvalue weighted by molar-refractivity contribution is 0.117. The van der Waals surface area contributed by atoms with Gasteiger partial charge in [-0.15, -0.1) is 11.3 Å². The number of nitrogens with one attached hydrogen (secondary N) is 1. The zero-order valence-corrected chi connectivity index (χ0v) is 26.5. The van der Waals surface area contributed by atoms with E-state index in [1.807, 2.05) is 6.07 Å². The first kappa shape index (κ1) is 28.6. The Kier molecular flexibility index (Phi) is 7.35. The predicted octanol–water partition coefficient (Wildman–Crippen LogP) is 4.65. The summed E-state index contributed by atoms with van der Waals surface area (Å²) in [5.41, 5.74) is 9.42. The zero-order valence-electron chi connectivity index (χ0n) is 25.7. The normalized spacial score (nSPS) is 28.0. The van der Waals surface area contributed by atoms with Crippen LogP contribution in [0.1, 0.15) is 86.6 Å². The van der Waals surface area contributed by atoms with E-state index in [-0.39, 0.29) is 11.5 Å². The molecule has 43 heavy (non-hydrogen) atoms. The minimum absolute atomic E-state index is 0.00687. The van der Waals surface area contributed by atoms with E-state index in [0.29, 0.717) is 46.1 Å².